The largest absolute Gasteiger partial charge is 0.457 e. The summed E-state index contributed by atoms with van der Waals surface area (Å²) in [6, 6.07) is 18.3. The maximum Gasteiger partial charge on any atom is 0.128 e. The Hall–Kier alpha value is -1.84. The first-order valence-electron chi connectivity index (χ1n) is 6.82. The zero-order chi connectivity index (χ0) is 14.8. The molecule has 3 heteroatoms. The van der Waals surface area contributed by atoms with Crippen LogP contribution >= 0.6 is 15.9 Å². The molecule has 2 N–H and O–H groups in total. The van der Waals surface area contributed by atoms with E-state index in [-0.39, 0.29) is 0 Å². The molecule has 0 aromatic heterocycles. The van der Waals surface area contributed by atoms with E-state index in [2.05, 4.69) is 34.1 Å². The van der Waals surface area contributed by atoms with Crippen molar-refractivity contribution in [3.8, 4) is 11.5 Å². The van der Waals surface area contributed by atoms with Crippen LogP contribution in [-0.2, 0) is 6.54 Å². The van der Waals surface area contributed by atoms with Crippen molar-refractivity contribution in [2.24, 2.45) is 5.73 Å². The van der Waals surface area contributed by atoms with E-state index in [1.807, 2.05) is 43.3 Å². The number of halogens is 1. The van der Waals surface area contributed by atoms with Crippen molar-refractivity contribution in [3.05, 3.63) is 70.2 Å². The average Bonchev–Trinajstić information content (AvgIpc) is 2.48. The lowest BCUT2D eigenvalue weighted by atomic mass is 10.1. The van der Waals surface area contributed by atoms with E-state index in [0.29, 0.717) is 6.54 Å². The first-order valence-corrected chi connectivity index (χ1v) is 7.62. The lowest BCUT2D eigenvalue weighted by Gasteiger charge is -2.10. The molecule has 106 valence electrons. The predicted octanol–water partition coefficient (Wildman–Crippen LogP) is 5.16. The van der Waals surface area contributed by atoms with Gasteiger partial charge in [0.2, 0.25) is 0 Å². The van der Waals surface area contributed by atoms with Gasteiger partial charge in [0.15, 0.2) is 0 Å². The van der Waals surface area contributed by atoms with Gasteiger partial charge in [-0.15, -0.1) is 0 Å². The van der Waals surface area contributed by atoms with Gasteiger partial charge < -0.3 is 10.5 Å². The quantitative estimate of drug-likeness (QED) is 0.713. The summed E-state index contributed by atoms with van der Waals surface area (Å²) in [5.74, 6) is 1.67. The lowest BCUT2D eigenvalue weighted by molar-refractivity contribution is 0.483. The van der Waals surface area contributed by atoms with Crippen molar-refractivity contribution in [1.29, 1.82) is 0 Å². The van der Waals surface area contributed by atoms with Gasteiger partial charge >= 0.3 is 0 Å². The Morgan fingerprint density at radius 2 is 1.57 bits per heavy atom. The van der Waals surface area contributed by atoms with Gasteiger partial charge in [-0.1, -0.05) is 34.1 Å². The number of ether oxygens (including phenoxy) is 1. The van der Waals surface area contributed by atoms with Gasteiger partial charge in [0.25, 0.3) is 0 Å². The fourth-order valence-electron chi connectivity index (χ4n) is 2.36. The number of aryl methyl sites for hydroxylation is 1. The van der Waals surface area contributed by atoms with Gasteiger partial charge in [-0.2, -0.15) is 0 Å². The zero-order valence-corrected chi connectivity index (χ0v) is 13.4. The summed E-state index contributed by atoms with van der Waals surface area (Å²) in [6.07, 6.45) is 0. The van der Waals surface area contributed by atoms with E-state index >= 15 is 0 Å². The van der Waals surface area contributed by atoms with Crippen molar-refractivity contribution in [2.45, 2.75) is 13.5 Å². The van der Waals surface area contributed by atoms with Crippen LogP contribution in [0.3, 0.4) is 0 Å². The summed E-state index contributed by atoms with van der Waals surface area (Å²) >= 11 is 3.48. The minimum absolute atomic E-state index is 0.553. The summed E-state index contributed by atoms with van der Waals surface area (Å²) < 4.78 is 7.02. The highest BCUT2D eigenvalue weighted by Crippen LogP contribution is 2.28. The van der Waals surface area contributed by atoms with E-state index in [1.165, 1.54) is 5.39 Å². The van der Waals surface area contributed by atoms with Gasteiger partial charge in [0, 0.05) is 11.0 Å². The van der Waals surface area contributed by atoms with Crippen LogP contribution in [0.15, 0.2) is 59.1 Å². The predicted molar refractivity (Wildman–Crippen MR) is 90.8 cm³/mol. The number of benzene rings is 3. The SMILES string of the molecule is Cc1cc(Oc2ccc3cc(Br)ccc3c2)ccc1CN. The highest BCUT2D eigenvalue weighted by Gasteiger charge is 2.03. The van der Waals surface area contributed by atoms with Crippen LogP contribution in [0, 0.1) is 6.92 Å². The highest BCUT2D eigenvalue weighted by atomic mass is 79.9. The standard InChI is InChI=1S/C18H16BrNO/c1-12-8-17(7-4-15(12)11-20)21-18-6-3-13-9-16(19)5-2-14(13)10-18/h2-10H,11,20H2,1H3. The second-order valence-electron chi connectivity index (χ2n) is 5.05. The third-order valence-corrected chi connectivity index (χ3v) is 4.04. The summed E-state index contributed by atoms with van der Waals surface area (Å²) in [6.45, 7) is 2.60. The number of hydrogen-bond acceptors (Lipinski definition) is 2. The molecule has 3 aromatic rings. The molecule has 3 aromatic carbocycles. The maximum absolute atomic E-state index is 5.94. The Morgan fingerprint density at radius 3 is 2.33 bits per heavy atom. The molecule has 0 spiro atoms. The van der Waals surface area contributed by atoms with E-state index in [1.54, 1.807) is 0 Å². The first kappa shape index (κ1) is 14.1. The Morgan fingerprint density at radius 1 is 0.905 bits per heavy atom. The van der Waals surface area contributed by atoms with E-state index < -0.39 is 0 Å². The second kappa shape index (κ2) is 5.88. The highest BCUT2D eigenvalue weighted by molar-refractivity contribution is 9.10. The molecule has 0 saturated carbocycles. The second-order valence-corrected chi connectivity index (χ2v) is 5.96. The minimum atomic E-state index is 0.553. The van der Waals surface area contributed by atoms with Crippen LogP contribution in [0.4, 0.5) is 0 Å². The number of nitrogens with two attached hydrogens (primary N) is 1. The van der Waals surface area contributed by atoms with Crippen LogP contribution in [0.5, 0.6) is 11.5 Å². The molecule has 0 radical (unpaired) electrons. The molecule has 2 nitrogen and oxygen atoms in total. The molecule has 0 aliphatic carbocycles. The van der Waals surface area contributed by atoms with Crippen molar-refractivity contribution in [3.63, 3.8) is 0 Å². The molecule has 0 amide bonds. The summed E-state index contributed by atoms with van der Waals surface area (Å²) in [5.41, 5.74) is 7.98. The molecule has 0 bridgehead atoms. The molecule has 0 fully saturated rings. The summed E-state index contributed by atoms with van der Waals surface area (Å²) in [4.78, 5) is 0. The van der Waals surface area contributed by atoms with Crippen LogP contribution < -0.4 is 10.5 Å². The smallest absolute Gasteiger partial charge is 0.128 e. The molecule has 0 atom stereocenters. The molecule has 3 rings (SSSR count). The maximum atomic E-state index is 5.94. The fraction of sp³-hybridized carbons (Fsp3) is 0.111. The van der Waals surface area contributed by atoms with Crippen molar-refractivity contribution < 1.29 is 4.74 Å². The molecular weight excluding hydrogens is 326 g/mol. The van der Waals surface area contributed by atoms with E-state index in [0.717, 1.165) is 32.5 Å². The molecule has 0 aliphatic heterocycles. The molecule has 21 heavy (non-hydrogen) atoms. The monoisotopic (exact) mass is 341 g/mol. The van der Waals surface area contributed by atoms with Gasteiger partial charge in [0.05, 0.1) is 0 Å². The number of fused-ring (bicyclic) bond motifs is 1. The van der Waals surface area contributed by atoms with Crippen LogP contribution in [0.1, 0.15) is 11.1 Å². The lowest BCUT2D eigenvalue weighted by Crippen LogP contribution is -1.98. The molecule has 0 saturated heterocycles. The van der Waals surface area contributed by atoms with Gasteiger partial charge in [-0.05, 0) is 65.2 Å². The Labute approximate surface area is 132 Å². The topological polar surface area (TPSA) is 35.2 Å². The molecular formula is C18H16BrNO. The van der Waals surface area contributed by atoms with Crippen molar-refractivity contribution in [2.75, 3.05) is 0 Å². The first-order chi connectivity index (χ1) is 10.2. The minimum Gasteiger partial charge on any atom is -0.457 e. The zero-order valence-electron chi connectivity index (χ0n) is 11.8. The molecule has 0 heterocycles. The van der Waals surface area contributed by atoms with Crippen molar-refractivity contribution in [1.82, 2.24) is 0 Å². The Balaban J connectivity index is 1.91. The fourth-order valence-corrected chi connectivity index (χ4v) is 2.73. The molecule has 0 aliphatic rings. The Bertz CT molecular complexity index is 798. The third kappa shape index (κ3) is 3.09. The van der Waals surface area contributed by atoms with Gasteiger partial charge in [-0.25, -0.2) is 0 Å². The summed E-state index contributed by atoms with van der Waals surface area (Å²) in [7, 11) is 0. The summed E-state index contributed by atoms with van der Waals surface area (Å²) in [5, 5.41) is 2.34. The number of rotatable bonds is 3. The van der Waals surface area contributed by atoms with Crippen molar-refractivity contribution >= 4 is 26.7 Å². The van der Waals surface area contributed by atoms with Crippen LogP contribution in [0.25, 0.3) is 10.8 Å². The van der Waals surface area contributed by atoms with Crippen LogP contribution in [-0.4, -0.2) is 0 Å². The van der Waals surface area contributed by atoms with E-state index in [4.69, 9.17) is 10.5 Å². The van der Waals surface area contributed by atoms with E-state index in [9.17, 15) is 0 Å². The normalized spacial score (nSPS) is 10.8. The average molecular weight is 342 g/mol. The third-order valence-electron chi connectivity index (χ3n) is 3.54. The number of hydrogen-bond donors (Lipinski definition) is 1. The van der Waals surface area contributed by atoms with Gasteiger partial charge in [0.1, 0.15) is 11.5 Å². The van der Waals surface area contributed by atoms with Crippen LogP contribution in [0.2, 0.25) is 0 Å². The Kier molecular flexibility index (Phi) is 3.95. The van der Waals surface area contributed by atoms with Gasteiger partial charge in [-0.3, -0.25) is 0 Å². The molecule has 0 unspecified atom stereocenters.